The summed E-state index contributed by atoms with van der Waals surface area (Å²) in [5.74, 6) is 0.797. The van der Waals surface area contributed by atoms with Crippen LogP contribution in [0.4, 0.5) is 0 Å². The lowest BCUT2D eigenvalue weighted by atomic mass is 9.80. The Kier molecular flexibility index (Phi) is 4.32. The van der Waals surface area contributed by atoms with Crippen molar-refractivity contribution in [2.75, 3.05) is 26.2 Å². The van der Waals surface area contributed by atoms with Gasteiger partial charge < -0.3 is 15.0 Å². The van der Waals surface area contributed by atoms with Crippen molar-refractivity contribution < 1.29 is 9.53 Å². The van der Waals surface area contributed by atoms with Crippen LogP contribution >= 0.6 is 0 Å². The third kappa shape index (κ3) is 2.86. The van der Waals surface area contributed by atoms with Crippen molar-refractivity contribution in [3.05, 3.63) is 0 Å². The lowest BCUT2D eigenvalue weighted by Gasteiger charge is -2.48. The summed E-state index contributed by atoms with van der Waals surface area (Å²) in [6.07, 6.45) is 8.60. The van der Waals surface area contributed by atoms with E-state index in [1.54, 1.807) is 0 Å². The van der Waals surface area contributed by atoms with Crippen LogP contribution in [0.1, 0.15) is 51.9 Å². The Morgan fingerprint density at radius 3 is 2.55 bits per heavy atom. The predicted octanol–water partition coefficient (Wildman–Crippen LogP) is 1.94. The summed E-state index contributed by atoms with van der Waals surface area (Å²) >= 11 is 0. The molecule has 2 saturated heterocycles. The van der Waals surface area contributed by atoms with Crippen LogP contribution in [0.3, 0.4) is 0 Å². The summed E-state index contributed by atoms with van der Waals surface area (Å²) in [6, 6.07) is 0.473. The van der Waals surface area contributed by atoms with Gasteiger partial charge >= 0.3 is 0 Å². The highest BCUT2D eigenvalue weighted by Gasteiger charge is 2.44. The maximum atomic E-state index is 12.3. The first kappa shape index (κ1) is 14.3. The van der Waals surface area contributed by atoms with Crippen molar-refractivity contribution >= 4 is 5.91 Å². The maximum Gasteiger partial charge on any atom is 0.248 e. The number of rotatable bonds is 2. The number of piperidine rings is 1. The highest BCUT2D eigenvalue weighted by molar-refractivity contribution is 5.78. The quantitative estimate of drug-likeness (QED) is 0.840. The van der Waals surface area contributed by atoms with Crippen molar-refractivity contribution in [3.63, 3.8) is 0 Å². The van der Waals surface area contributed by atoms with Gasteiger partial charge in [0.2, 0.25) is 5.91 Å². The van der Waals surface area contributed by atoms with E-state index in [4.69, 9.17) is 4.74 Å². The third-order valence-electron chi connectivity index (χ3n) is 5.55. The van der Waals surface area contributed by atoms with Gasteiger partial charge in [-0.3, -0.25) is 4.79 Å². The predicted molar refractivity (Wildman–Crippen MR) is 78.5 cm³/mol. The number of nitrogens with zero attached hydrogens (tertiary/aromatic N) is 1. The van der Waals surface area contributed by atoms with Crippen LogP contribution in [-0.2, 0) is 9.53 Å². The molecule has 3 aliphatic rings. The standard InChI is InChI=1S/C16H28N2O2/c1-16(13-7-9-17-10-8-13)12-18(15(19)11-20-16)14-5-3-2-4-6-14/h13-14,17H,2-12H2,1H3. The van der Waals surface area contributed by atoms with Gasteiger partial charge in [-0.15, -0.1) is 0 Å². The van der Waals surface area contributed by atoms with Crippen LogP contribution in [0.15, 0.2) is 0 Å². The van der Waals surface area contributed by atoms with Gasteiger partial charge in [-0.05, 0) is 51.6 Å². The Morgan fingerprint density at radius 1 is 1.15 bits per heavy atom. The molecule has 4 heteroatoms. The molecule has 1 unspecified atom stereocenters. The van der Waals surface area contributed by atoms with E-state index in [1.807, 2.05) is 0 Å². The molecule has 2 heterocycles. The largest absolute Gasteiger partial charge is 0.363 e. The summed E-state index contributed by atoms with van der Waals surface area (Å²) in [7, 11) is 0. The van der Waals surface area contributed by atoms with E-state index in [-0.39, 0.29) is 18.1 Å². The van der Waals surface area contributed by atoms with Crippen LogP contribution in [0.25, 0.3) is 0 Å². The zero-order valence-electron chi connectivity index (χ0n) is 12.7. The molecule has 1 saturated carbocycles. The van der Waals surface area contributed by atoms with Gasteiger partial charge in [0.1, 0.15) is 6.61 Å². The fraction of sp³-hybridized carbons (Fsp3) is 0.938. The van der Waals surface area contributed by atoms with Crippen molar-refractivity contribution in [2.24, 2.45) is 5.92 Å². The molecule has 0 radical (unpaired) electrons. The molecule has 1 amide bonds. The van der Waals surface area contributed by atoms with Gasteiger partial charge in [-0.25, -0.2) is 0 Å². The Morgan fingerprint density at radius 2 is 1.85 bits per heavy atom. The molecule has 3 fully saturated rings. The fourth-order valence-corrected chi connectivity index (χ4v) is 4.19. The van der Waals surface area contributed by atoms with E-state index < -0.39 is 0 Å². The molecule has 3 rings (SSSR count). The number of carbonyl (C=O) groups excluding carboxylic acids is 1. The zero-order chi connectivity index (χ0) is 14.0. The molecule has 2 aliphatic heterocycles. The summed E-state index contributed by atoms with van der Waals surface area (Å²) in [5.41, 5.74) is -0.131. The topological polar surface area (TPSA) is 41.6 Å². The van der Waals surface area contributed by atoms with Crippen LogP contribution in [0.5, 0.6) is 0 Å². The van der Waals surface area contributed by atoms with E-state index in [0.717, 1.165) is 19.6 Å². The number of nitrogens with one attached hydrogen (secondary N) is 1. The van der Waals surface area contributed by atoms with Crippen molar-refractivity contribution in [1.29, 1.82) is 0 Å². The molecule has 1 N–H and O–H groups in total. The number of hydrogen-bond donors (Lipinski definition) is 1. The minimum Gasteiger partial charge on any atom is -0.363 e. The Balaban J connectivity index is 1.69. The minimum atomic E-state index is -0.131. The molecular weight excluding hydrogens is 252 g/mol. The van der Waals surface area contributed by atoms with Crippen molar-refractivity contribution in [2.45, 2.75) is 63.5 Å². The third-order valence-corrected chi connectivity index (χ3v) is 5.55. The smallest absolute Gasteiger partial charge is 0.248 e. The van der Waals surface area contributed by atoms with Gasteiger partial charge in [0, 0.05) is 6.04 Å². The molecular formula is C16H28N2O2. The molecule has 0 spiro atoms. The summed E-state index contributed by atoms with van der Waals surface area (Å²) in [4.78, 5) is 14.4. The zero-order valence-corrected chi connectivity index (χ0v) is 12.7. The van der Waals surface area contributed by atoms with E-state index in [2.05, 4.69) is 17.1 Å². The molecule has 0 bridgehead atoms. The van der Waals surface area contributed by atoms with E-state index in [1.165, 1.54) is 44.9 Å². The molecule has 1 aliphatic carbocycles. The number of ether oxygens (including phenoxy) is 1. The van der Waals surface area contributed by atoms with E-state index >= 15 is 0 Å². The first-order valence-corrected chi connectivity index (χ1v) is 8.33. The van der Waals surface area contributed by atoms with Crippen LogP contribution in [-0.4, -0.2) is 48.7 Å². The normalized spacial score (nSPS) is 34.5. The van der Waals surface area contributed by atoms with Gasteiger partial charge in [0.25, 0.3) is 0 Å². The van der Waals surface area contributed by atoms with E-state index in [9.17, 15) is 4.79 Å². The summed E-state index contributed by atoms with van der Waals surface area (Å²) in [6.45, 7) is 5.49. The average Bonchev–Trinajstić information content (AvgIpc) is 2.52. The average molecular weight is 280 g/mol. The molecule has 0 aromatic heterocycles. The second-order valence-electron chi connectivity index (χ2n) is 6.94. The number of hydrogen-bond acceptors (Lipinski definition) is 3. The van der Waals surface area contributed by atoms with Crippen LogP contribution in [0.2, 0.25) is 0 Å². The Labute approximate surface area is 122 Å². The highest BCUT2D eigenvalue weighted by Crippen LogP contribution is 2.35. The lowest BCUT2D eigenvalue weighted by molar-refractivity contribution is -0.177. The Hall–Kier alpha value is -0.610. The number of carbonyl (C=O) groups is 1. The Bertz CT molecular complexity index is 348. The molecule has 20 heavy (non-hydrogen) atoms. The second-order valence-corrected chi connectivity index (χ2v) is 6.94. The molecule has 0 aromatic rings. The monoisotopic (exact) mass is 280 g/mol. The fourth-order valence-electron chi connectivity index (χ4n) is 4.19. The molecule has 4 nitrogen and oxygen atoms in total. The molecule has 114 valence electrons. The number of morpholine rings is 1. The SMILES string of the molecule is CC1(C2CCNCC2)CN(C2CCCCC2)C(=O)CO1. The first-order valence-electron chi connectivity index (χ1n) is 8.33. The van der Waals surface area contributed by atoms with Crippen molar-refractivity contribution in [3.8, 4) is 0 Å². The molecule has 1 atom stereocenters. The van der Waals surface area contributed by atoms with Crippen LogP contribution < -0.4 is 5.32 Å². The van der Waals surface area contributed by atoms with Crippen LogP contribution in [0, 0.1) is 5.92 Å². The first-order chi connectivity index (χ1) is 9.69. The van der Waals surface area contributed by atoms with Crippen molar-refractivity contribution in [1.82, 2.24) is 10.2 Å². The minimum absolute atomic E-state index is 0.131. The van der Waals surface area contributed by atoms with Gasteiger partial charge in [0.15, 0.2) is 0 Å². The molecule has 0 aromatic carbocycles. The van der Waals surface area contributed by atoms with E-state index in [0.29, 0.717) is 12.0 Å². The lowest BCUT2D eigenvalue weighted by Crippen LogP contribution is -2.60. The summed E-state index contributed by atoms with van der Waals surface area (Å²) in [5, 5.41) is 3.42. The maximum absolute atomic E-state index is 12.3. The summed E-state index contributed by atoms with van der Waals surface area (Å²) < 4.78 is 6.02. The number of amides is 1. The van der Waals surface area contributed by atoms with Gasteiger partial charge in [-0.1, -0.05) is 19.3 Å². The van der Waals surface area contributed by atoms with Gasteiger partial charge in [0.05, 0.1) is 12.1 Å². The highest BCUT2D eigenvalue weighted by atomic mass is 16.5. The van der Waals surface area contributed by atoms with Gasteiger partial charge in [-0.2, -0.15) is 0 Å². The second kappa shape index (κ2) is 6.02.